The second-order valence-electron chi connectivity index (χ2n) is 9.73. The molecule has 5 heteroatoms. The maximum absolute atomic E-state index is 10.1. The van der Waals surface area contributed by atoms with Crippen LogP contribution in [0.4, 0.5) is 0 Å². The lowest BCUT2D eigenvalue weighted by molar-refractivity contribution is 0.0611. The highest BCUT2D eigenvalue weighted by Gasteiger charge is 2.45. The van der Waals surface area contributed by atoms with Crippen molar-refractivity contribution in [1.29, 1.82) is 0 Å². The normalized spacial score (nSPS) is 20.6. The van der Waals surface area contributed by atoms with E-state index in [-0.39, 0.29) is 23.3 Å². The lowest BCUT2D eigenvalue weighted by Gasteiger charge is -2.31. The topological polar surface area (TPSA) is 63.9 Å². The van der Waals surface area contributed by atoms with Crippen LogP contribution in [0.2, 0.25) is 0 Å². The standard InChI is InChI=1S/C29H26N2O3/c1-29(2)16-15-18-7-3-4-11-22(18)26-27(29)34-28(31-26)20-9-5-10-21(17-20)33-24-14-13-19-8-6-12-23(32)25(19)30-24/h3-14,17,26-27,32H,15-16H2,1-2H3/t26-,27-/m0/s1. The van der Waals surface area contributed by atoms with Crippen LogP contribution in [0.25, 0.3) is 10.9 Å². The molecule has 0 saturated heterocycles. The molecule has 2 heterocycles. The highest BCUT2D eigenvalue weighted by Crippen LogP contribution is 2.46. The fraction of sp³-hybridized carbons (Fsp3) is 0.241. The van der Waals surface area contributed by atoms with Gasteiger partial charge in [-0.05, 0) is 54.3 Å². The molecule has 0 spiro atoms. The predicted octanol–water partition coefficient (Wildman–Crippen LogP) is 6.59. The summed E-state index contributed by atoms with van der Waals surface area (Å²) in [6.45, 7) is 4.55. The fourth-order valence-electron chi connectivity index (χ4n) is 5.00. The van der Waals surface area contributed by atoms with Crippen LogP contribution in [0.1, 0.15) is 43.0 Å². The number of aromatic nitrogens is 1. The van der Waals surface area contributed by atoms with E-state index < -0.39 is 0 Å². The number of nitrogens with zero attached hydrogens (tertiary/aromatic N) is 2. The van der Waals surface area contributed by atoms with Crippen molar-refractivity contribution >= 4 is 16.8 Å². The number of ether oxygens (including phenoxy) is 2. The van der Waals surface area contributed by atoms with Crippen LogP contribution in [-0.4, -0.2) is 22.1 Å². The van der Waals surface area contributed by atoms with Gasteiger partial charge in [0.2, 0.25) is 11.8 Å². The van der Waals surface area contributed by atoms with Crippen molar-refractivity contribution in [2.75, 3.05) is 0 Å². The minimum absolute atomic E-state index is 0.0000634. The molecule has 1 aliphatic heterocycles. The Bertz CT molecular complexity index is 1430. The van der Waals surface area contributed by atoms with Crippen LogP contribution in [0.15, 0.2) is 83.9 Å². The van der Waals surface area contributed by atoms with Gasteiger partial charge in [-0.1, -0.05) is 56.3 Å². The summed E-state index contributed by atoms with van der Waals surface area (Å²) in [5.74, 6) is 1.83. The molecular formula is C29H26N2O3. The minimum atomic E-state index is -0.0154. The highest BCUT2D eigenvalue weighted by atomic mass is 16.5. The molecule has 1 N–H and O–H groups in total. The molecule has 4 aromatic rings. The van der Waals surface area contributed by atoms with Crippen molar-refractivity contribution in [3.63, 3.8) is 0 Å². The summed E-state index contributed by atoms with van der Waals surface area (Å²) in [7, 11) is 0. The largest absolute Gasteiger partial charge is 0.506 e. The van der Waals surface area contributed by atoms with Crippen molar-refractivity contribution < 1.29 is 14.6 Å². The maximum atomic E-state index is 10.1. The third-order valence-corrected chi connectivity index (χ3v) is 6.94. The third-order valence-electron chi connectivity index (χ3n) is 6.94. The molecule has 0 unspecified atom stereocenters. The summed E-state index contributed by atoms with van der Waals surface area (Å²) in [6, 6.07) is 25.3. The first-order valence-electron chi connectivity index (χ1n) is 11.7. The molecule has 0 bridgehead atoms. The number of pyridine rings is 1. The second kappa shape index (κ2) is 7.87. The summed E-state index contributed by atoms with van der Waals surface area (Å²) in [4.78, 5) is 9.55. The number of phenolic OH excluding ortho intramolecular Hbond substituents is 1. The lowest BCUT2D eigenvalue weighted by atomic mass is 9.80. The van der Waals surface area contributed by atoms with E-state index >= 15 is 0 Å². The fourth-order valence-corrected chi connectivity index (χ4v) is 5.00. The van der Waals surface area contributed by atoms with Crippen LogP contribution in [0.5, 0.6) is 17.4 Å². The van der Waals surface area contributed by atoms with Crippen LogP contribution in [0, 0.1) is 5.41 Å². The Labute approximate surface area is 198 Å². The number of aliphatic imine (C=N–C) groups is 1. The molecule has 0 radical (unpaired) electrons. The van der Waals surface area contributed by atoms with E-state index in [2.05, 4.69) is 43.1 Å². The van der Waals surface area contributed by atoms with Crippen molar-refractivity contribution in [2.45, 2.75) is 38.8 Å². The van der Waals surface area contributed by atoms with Gasteiger partial charge in [0.05, 0.1) is 0 Å². The van der Waals surface area contributed by atoms with E-state index in [4.69, 9.17) is 14.5 Å². The molecule has 0 saturated carbocycles. The Balaban J connectivity index is 1.32. The maximum Gasteiger partial charge on any atom is 0.219 e. The second-order valence-corrected chi connectivity index (χ2v) is 9.73. The summed E-state index contributed by atoms with van der Waals surface area (Å²) < 4.78 is 12.6. The zero-order chi connectivity index (χ0) is 23.3. The summed E-state index contributed by atoms with van der Waals surface area (Å²) in [6.07, 6.45) is 2.08. The zero-order valence-electron chi connectivity index (χ0n) is 19.2. The monoisotopic (exact) mass is 450 g/mol. The Morgan fingerprint density at radius 2 is 1.82 bits per heavy atom. The van der Waals surface area contributed by atoms with Gasteiger partial charge < -0.3 is 14.6 Å². The van der Waals surface area contributed by atoms with Gasteiger partial charge in [-0.3, -0.25) is 0 Å². The highest BCUT2D eigenvalue weighted by molar-refractivity contribution is 5.96. The number of rotatable bonds is 3. The van der Waals surface area contributed by atoms with Gasteiger partial charge in [0.15, 0.2) is 0 Å². The number of phenols is 1. The molecule has 5 nitrogen and oxygen atoms in total. The molecule has 1 aromatic heterocycles. The summed E-state index contributed by atoms with van der Waals surface area (Å²) >= 11 is 0. The molecule has 6 rings (SSSR count). The molecule has 3 aromatic carbocycles. The number of benzene rings is 3. The average molecular weight is 451 g/mol. The van der Waals surface area contributed by atoms with Gasteiger partial charge in [0.1, 0.15) is 29.2 Å². The van der Waals surface area contributed by atoms with Gasteiger partial charge in [0, 0.05) is 22.4 Å². The Hall–Kier alpha value is -3.86. The number of aryl methyl sites for hydroxylation is 1. The molecule has 0 fully saturated rings. The van der Waals surface area contributed by atoms with Crippen LogP contribution < -0.4 is 4.74 Å². The van der Waals surface area contributed by atoms with Crippen molar-refractivity contribution in [3.05, 3.63) is 95.6 Å². The van der Waals surface area contributed by atoms with E-state index in [0.29, 0.717) is 23.0 Å². The Morgan fingerprint density at radius 1 is 0.971 bits per heavy atom. The van der Waals surface area contributed by atoms with Crippen molar-refractivity contribution in [3.8, 4) is 17.4 Å². The van der Waals surface area contributed by atoms with E-state index in [1.807, 2.05) is 36.4 Å². The smallest absolute Gasteiger partial charge is 0.219 e. The van der Waals surface area contributed by atoms with Crippen LogP contribution >= 0.6 is 0 Å². The summed E-state index contributed by atoms with van der Waals surface area (Å²) in [5.41, 5.74) is 4.02. The Kier molecular flexibility index (Phi) is 4.80. The molecule has 2 atom stereocenters. The van der Waals surface area contributed by atoms with Crippen molar-refractivity contribution in [1.82, 2.24) is 4.98 Å². The number of fused-ring (bicyclic) bond motifs is 4. The number of para-hydroxylation sites is 1. The number of hydrogen-bond donors (Lipinski definition) is 1. The first-order valence-corrected chi connectivity index (χ1v) is 11.7. The number of hydrogen-bond acceptors (Lipinski definition) is 5. The zero-order valence-corrected chi connectivity index (χ0v) is 19.2. The quantitative estimate of drug-likeness (QED) is 0.382. The van der Waals surface area contributed by atoms with Gasteiger partial charge in [-0.25, -0.2) is 9.98 Å². The van der Waals surface area contributed by atoms with E-state index in [1.165, 1.54) is 11.1 Å². The molecule has 2 aliphatic rings. The van der Waals surface area contributed by atoms with Crippen LogP contribution in [-0.2, 0) is 11.2 Å². The molecule has 0 amide bonds. The molecular weight excluding hydrogens is 424 g/mol. The molecule has 170 valence electrons. The van der Waals surface area contributed by atoms with Crippen molar-refractivity contribution in [2.24, 2.45) is 10.4 Å². The van der Waals surface area contributed by atoms with E-state index in [0.717, 1.165) is 23.8 Å². The Morgan fingerprint density at radius 3 is 2.74 bits per heavy atom. The van der Waals surface area contributed by atoms with Gasteiger partial charge in [0.25, 0.3) is 0 Å². The SMILES string of the molecule is CC1(C)CCc2ccccc2[C@@H]2N=C(c3cccc(Oc4ccc5cccc(O)c5n4)c3)O[C@@H]21. The average Bonchev–Trinajstić information content (AvgIpc) is 3.27. The van der Waals surface area contributed by atoms with E-state index in [1.54, 1.807) is 18.2 Å². The van der Waals surface area contributed by atoms with E-state index in [9.17, 15) is 5.11 Å². The molecule has 1 aliphatic carbocycles. The first-order chi connectivity index (χ1) is 16.5. The van der Waals surface area contributed by atoms with Gasteiger partial charge >= 0.3 is 0 Å². The predicted molar refractivity (Wildman–Crippen MR) is 133 cm³/mol. The first kappa shape index (κ1) is 20.7. The van der Waals surface area contributed by atoms with Gasteiger partial charge in [-0.2, -0.15) is 0 Å². The minimum Gasteiger partial charge on any atom is -0.506 e. The van der Waals surface area contributed by atoms with Gasteiger partial charge in [-0.15, -0.1) is 0 Å². The van der Waals surface area contributed by atoms with Crippen LogP contribution in [0.3, 0.4) is 0 Å². The lowest BCUT2D eigenvalue weighted by Crippen LogP contribution is -2.33. The third kappa shape index (κ3) is 3.58. The number of aromatic hydroxyl groups is 1. The molecule has 34 heavy (non-hydrogen) atoms. The summed E-state index contributed by atoms with van der Waals surface area (Å²) in [5, 5.41) is 11.0.